The van der Waals surface area contributed by atoms with E-state index in [0.717, 1.165) is 17.7 Å². The molecule has 1 fully saturated rings. The number of imidazole rings is 1. The molecule has 0 saturated carbocycles. The first kappa shape index (κ1) is 16.3. The Morgan fingerprint density at radius 2 is 1.65 bits per heavy atom. The van der Waals surface area contributed by atoms with Crippen LogP contribution in [0.3, 0.4) is 0 Å². The Balaban J connectivity index is 1.92. The average Bonchev–Trinajstić information content (AvgIpc) is 2.89. The van der Waals surface area contributed by atoms with Gasteiger partial charge in [-0.1, -0.05) is 24.3 Å². The van der Waals surface area contributed by atoms with E-state index >= 15 is 0 Å². The first-order valence-corrected chi connectivity index (χ1v) is 8.13. The molecule has 4 nitrogen and oxygen atoms in total. The molecule has 0 unspecified atom stereocenters. The smallest absolute Gasteiger partial charge is 0.399 e. The molecule has 0 N–H and O–H groups in total. The molecular weight excluding hydrogens is 287 g/mol. The van der Waals surface area contributed by atoms with Crippen molar-refractivity contribution < 1.29 is 9.31 Å². The zero-order valence-corrected chi connectivity index (χ0v) is 14.9. The number of nitrogens with zero attached hydrogens (tertiary/aromatic N) is 2. The summed E-state index contributed by atoms with van der Waals surface area (Å²) >= 11 is 0. The van der Waals surface area contributed by atoms with E-state index in [-0.39, 0.29) is 18.3 Å². The standard InChI is InChI=1S/C18H25BN2O2/c1-13-14(2)21(12-20-13)11-15-9-7-8-10-16(15)19-22-17(3,4)18(5,6)23-19/h7-10,12H,11H2,1-6H3. The molecule has 1 aliphatic heterocycles. The Kier molecular flexibility index (Phi) is 3.89. The number of aromatic nitrogens is 2. The summed E-state index contributed by atoms with van der Waals surface area (Å²) in [5.74, 6) is 0. The summed E-state index contributed by atoms with van der Waals surface area (Å²) in [4.78, 5) is 4.39. The lowest BCUT2D eigenvalue weighted by molar-refractivity contribution is 0.00578. The highest BCUT2D eigenvalue weighted by Crippen LogP contribution is 2.36. The van der Waals surface area contributed by atoms with Gasteiger partial charge >= 0.3 is 7.12 Å². The van der Waals surface area contributed by atoms with Crippen LogP contribution in [0, 0.1) is 13.8 Å². The largest absolute Gasteiger partial charge is 0.495 e. The van der Waals surface area contributed by atoms with Crippen LogP contribution in [0.4, 0.5) is 0 Å². The van der Waals surface area contributed by atoms with Crippen molar-refractivity contribution in [2.45, 2.75) is 59.3 Å². The van der Waals surface area contributed by atoms with Crippen molar-refractivity contribution >= 4 is 12.6 Å². The molecular formula is C18H25BN2O2. The van der Waals surface area contributed by atoms with Gasteiger partial charge in [-0.3, -0.25) is 0 Å². The summed E-state index contributed by atoms with van der Waals surface area (Å²) in [5, 5.41) is 0. The predicted molar refractivity (Wildman–Crippen MR) is 93.0 cm³/mol. The fourth-order valence-electron chi connectivity index (χ4n) is 2.77. The minimum absolute atomic E-state index is 0.327. The van der Waals surface area contributed by atoms with Gasteiger partial charge < -0.3 is 13.9 Å². The van der Waals surface area contributed by atoms with Crippen molar-refractivity contribution in [3.8, 4) is 0 Å². The van der Waals surface area contributed by atoms with Crippen LogP contribution in [0.1, 0.15) is 44.6 Å². The van der Waals surface area contributed by atoms with Gasteiger partial charge in [0.2, 0.25) is 0 Å². The summed E-state index contributed by atoms with van der Waals surface area (Å²) in [6.07, 6.45) is 1.89. The van der Waals surface area contributed by atoms with Gasteiger partial charge in [0.1, 0.15) is 0 Å². The molecule has 0 spiro atoms. The van der Waals surface area contributed by atoms with Crippen LogP contribution in [0.15, 0.2) is 30.6 Å². The van der Waals surface area contributed by atoms with Crippen LogP contribution >= 0.6 is 0 Å². The molecule has 1 aliphatic rings. The van der Waals surface area contributed by atoms with Gasteiger partial charge in [0, 0.05) is 12.2 Å². The van der Waals surface area contributed by atoms with Crippen molar-refractivity contribution in [3.05, 3.63) is 47.5 Å². The Bertz CT molecular complexity index is 706. The van der Waals surface area contributed by atoms with E-state index in [4.69, 9.17) is 9.31 Å². The van der Waals surface area contributed by atoms with E-state index in [9.17, 15) is 0 Å². The minimum atomic E-state index is -0.332. The second-order valence-electron chi connectivity index (χ2n) is 7.33. The summed E-state index contributed by atoms with van der Waals surface area (Å²) in [6, 6.07) is 8.32. The van der Waals surface area contributed by atoms with Crippen LogP contribution in [0.2, 0.25) is 0 Å². The highest BCUT2D eigenvalue weighted by molar-refractivity contribution is 6.62. The summed E-state index contributed by atoms with van der Waals surface area (Å²) < 4.78 is 14.6. The molecule has 2 heterocycles. The van der Waals surface area contributed by atoms with Gasteiger partial charge in [-0.2, -0.15) is 0 Å². The zero-order chi connectivity index (χ0) is 16.8. The Hall–Kier alpha value is -1.59. The number of hydrogen-bond acceptors (Lipinski definition) is 3. The molecule has 3 rings (SSSR count). The zero-order valence-electron chi connectivity index (χ0n) is 14.9. The van der Waals surface area contributed by atoms with Gasteiger partial charge in [-0.05, 0) is 52.6 Å². The maximum Gasteiger partial charge on any atom is 0.495 e. The molecule has 0 atom stereocenters. The first-order chi connectivity index (χ1) is 10.7. The van der Waals surface area contributed by atoms with Crippen LogP contribution in [-0.4, -0.2) is 27.9 Å². The fourth-order valence-corrected chi connectivity index (χ4v) is 2.77. The van der Waals surface area contributed by atoms with E-state index in [1.165, 1.54) is 11.3 Å². The number of benzene rings is 1. The number of rotatable bonds is 3. The van der Waals surface area contributed by atoms with Gasteiger partial charge in [0.25, 0.3) is 0 Å². The van der Waals surface area contributed by atoms with Gasteiger partial charge in [0.15, 0.2) is 0 Å². The molecule has 23 heavy (non-hydrogen) atoms. The highest BCUT2D eigenvalue weighted by Gasteiger charge is 2.52. The van der Waals surface area contributed by atoms with Crippen LogP contribution in [-0.2, 0) is 15.9 Å². The van der Waals surface area contributed by atoms with Crippen molar-refractivity contribution in [1.82, 2.24) is 9.55 Å². The van der Waals surface area contributed by atoms with E-state index in [2.05, 4.69) is 62.4 Å². The molecule has 122 valence electrons. The number of aryl methyl sites for hydroxylation is 1. The van der Waals surface area contributed by atoms with E-state index in [0.29, 0.717) is 0 Å². The van der Waals surface area contributed by atoms with Crippen molar-refractivity contribution in [2.24, 2.45) is 0 Å². The second-order valence-corrected chi connectivity index (χ2v) is 7.33. The maximum atomic E-state index is 6.22. The third-order valence-corrected chi connectivity index (χ3v) is 5.25. The van der Waals surface area contributed by atoms with Crippen molar-refractivity contribution in [2.75, 3.05) is 0 Å². The fraction of sp³-hybridized carbons (Fsp3) is 0.500. The molecule has 0 radical (unpaired) electrons. The SMILES string of the molecule is Cc1ncn(Cc2ccccc2B2OC(C)(C)C(C)(C)O2)c1C. The molecule has 1 saturated heterocycles. The van der Waals surface area contributed by atoms with Crippen LogP contribution < -0.4 is 5.46 Å². The third kappa shape index (κ3) is 2.84. The molecule has 0 bridgehead atoms. The Labute approximate surface area is 139 Å². The van der Waals surface area contributed by atoms with Crippen LogP contribution in [0.25, 0.3) is 0 Å². The molecule has 0 amide bonds. The van der Waals surface area contributed by atoms with Gasteiger partial charge in [-0.15, -0.1) is 0 Å². The predicted octanol–water partition coefficient (Wildman–Crippen LogP) is 2.85. The molecule has 5 heteroatoms. The molecule has 0 aliphatic carbocycles. The third-order valence-electron chi connectivity index (χ3n) is 5.25. The topological polar surface area (TPSA) is 36.3 Å². The molecule has 2 aromatic rings. The average molecular weight is 312 g/mol. The number of hydrogen-bond donors (Lipinski definition) is 0. The summed E-state index contributed by atoms with van der Waals surface area (Å²) in [7, 11) is -0.332. The minimum Gasteiger partial charge on any atom is -0.399 e. The summed E-state index contributed by atoms with van der Waals surface area (Å²) in [5.41, 5.74) is 3.90. The van der Waals surface area contributed by atoms with Crippen molar-refractivity contribution in [1.29, 1.82) is 0 Å². The maximum absolute atomic E-state index is 6.22. The quantitative estimate of drug-likeness (QED) is 0.818. The van der Waals surface area contributed by atoms with E-state index in [1.54, 1.807) is 0 Å². The lowest BCUT2D eigenvalue weighted by Gasteiger charge is -2.32. The molecule has 1 aromatic carbocycles. The van der Waals surface area contributed by atoms with Crippen molar-refractivity contribution in [3.63, 3.8) is 0 Å². The Morgan fingerprint density at radius 1 is 1.04 bits per heavy atom. The first-order valence-electron chi connectivity index (χ1n) is 8.13. The highest BCUT2D eigenvalue weighted by atomic mass is 16.7. The lowest BCUT2D eigenvalue weighted by Crippen LogP contribution is -2.41. The normalized spacial score (nSPS) is 19.3. The summed E-state index contributed by atoms with van der Waals surface area (Å²) in [6.45, 7) is 13.2. The molecule has 1 aromatic heterocycles. The van der Waals surface area contributed by atoms with Gasteiger partial charge in [0.05, 0.1) is 23.2 Å². The monoisotopic (exact) mass is 312 g/mol. The van der Waals surface area contributed by atoms with Crippen LogP contribution in [0.5, 0.6) is 0 Å². The van der Waals surface area contributed by atoms with Gasteiger partial charge in [-0.25, -0.2) is 4.98 Å². The lowest BCUT2D eigenvalue weighted by atomic mass is 9.76. The van der Waals surface area contributed by atoms with E-state index in [1.807, 2.05) is 19.3 Å². The van der Waals surface area contributed by atoms with E-state index < -0.39 is 0 Å². The Morgan fingerprint density at radius 3 is 2.22 bits per heavy atom. The second kappa shape index (κ2) is 5.50.